The van der Waals surface area contributed by atoms with Crippen molar-refractivity contribution in [2.75, 3.05) is 48.8 Å². The van der Waals surface area contributed by atoms with Gasteiger partial charge in [0.15, 0.2) is 0 Å². The van der Waals surface area contributed by atoms with Crippen molar-refractivity contribution in [3.63, 3.8) is 0 Å². The number of carbonyl (C=O) groups excluding carboxylic acids is 1. The van der Waals surface area contributed by atoms with Gasteiger partial charge in [0, 0.05) is 55.8 Å². The topological polar surface area (TPSA) is 112 Å². The molecule has 2 N–H and O–H groups in total. The van der Waals surface area contributed by atoms with Crippen LogP contribution in [0.1, 0.15) is 0 Å². The van der Waals surface area contributed by atoms with Gasteiger partial charge in [-0.2, -0.15) is 0 Å². The Morgan fingerprint density at radius 3 is 2.57 bits per heavy atom. The van der Waals surface area contributed by atoms with Crippen molar-refractivity contribution < 1.29 is 4.79 Å². The summed E-state index contributed by atoms with van der Waals surface area (Å²) in [5.41, 5.74) is 3.04. The van der Waals surface area contributed by atoms with Gasteiger partial charge in [-0.25, -0.2) is 15.0 Å². The highest BCUT2D eigenvalue weighted by molar-refractivity contribution is 6.03. The molecule has 0 atom stereocenters. The van der Waals surface area contributed by atoms with Crippen molar-refractivity contribution in [2.45, 2.75) is 0 Å². The van der Waals surface area contributed by atoms with Crippen LogP contribution < -0.4 is 15.5 Å². The molecule has 0 bridgehead atoms. The van der Waals surface area contributed by atoms with E-state index in [1.54, 1.807) is 36.9 Å². The van der Waals surface area contributed by atoms with E-state index in [9.17, 15) is 4.79 Å². The number of likely N-dealkylation sites (N-methyl/N-ethyl adjacent to an activating group) is 1. The summed E-state index contributed by atoms with van der Waals surface area (Å²) in [6.07, 6.45) is 11.9. The molecule has 1 aliphatic heterocycles. The molecule has 4 aromatic rings. The minimum Gasteiger partial charge on any atom is -0.354 e. The van der Waals surface area contributed by atoms with Crippen molar-refractivity contribution in [1.82, 2.24) is 29.8 Å². The molecule has 10 heteroatoms. The average Bonchev–Trinajstić information content (AvgIpc) is 2.89. The van der Waals surface area contributed by atoms with Crippen LogP contribution in [0.4, 0.5) is 23.1 Å². The number of nitrogens with zero attached hydrogens (tertiary/aromatic N) is 7. The van der Waals surface area contributed by atoms with Crippen LogP contribution in [0, 0.1) is 12.3 Å². The summed E-state index contributed by atoms with van der Waals surface area (Å²) < 4.78 is 0. The van der Waals surface area contributed by atoms with Gasteiger partial charge in [-0.1, -0.05) is 0 Å². The maximum Gasteiger partial charge on any atom is 0.300 e. The SMILES string of the molecule is C#CC(=O)Nc1ccnc(-c2nccc3cnc(Nc4ccc(N5CCN(C)CC5)nc4)nc23)c1. The molecule has 5 rings (SSSR count). The number of pyridine rings is 3. The number of carbonyl (C=O) groups is 1. The first-order chi connectivity index (χ1) is 17.1. The smallest absolute Gasteiger partial charge is 0.300 e. The van der Waals surface area contributed by atoms with E-state index in [0.29, 0.717) is 28.5 Å². The third kappa shape index (κ3) is 5.00. The van der Waals surface area contributed by atoms with E-state index in [1.807, 2.05) is 24.1 Å². The monoisotopic (exact) mass is 465 g/mol. The molecular weight excluding hydrogens is 442 g/mol. The Kier molecular flexibility index (Phi) is 6.15. The Balaban J connectivity index is 1.39. The molecule has 0 unspecified atom stereocenters. The Morgan fingerprint density at radius 1 is 0.971 bits per heavy atom. The fourth-order valence-corrected chi connectivity index (χ4v) is 3.82. The van der Waals surface area contributed by atoms with E-state index in [2.05, 4.69) is 52.4 Å². The minimum atomic E-state index is -0.533. The van der Waals surface area contributed by atoms with Crippen molar-refractivity contribution in [2.24, 2.45) is 0 Å². The number of rotatable bonds is 5. The van der Waals surface area contributed by atoms with Crippen LogP contribution in [0.3, 0.4) is 0 Å². The number of terminal acetylenes is 1. The van der Waals surface area contributed by atoms with Gasteiger partial charge in [0.1, 0.15) is 17.0 Å². The Morgan fingerprint density at radius 2 is 1.80 bits per heavy atom. The van der Waals surface area contributed by atoms with Crippen LogP contribution in [0.2, 0.25) is 0 Å². The molecule has 1 saturated heterocycles. The largest absolute Gasteiger partial charge is 0.354 e. The van der Waals surface area contributed by atoms with E-state index in [4.69, 9.17) is 6.42 Å². The lowest BCUT2D eigenvalue weighted by Crippen LogP contribution is -2.44. The molecule has 0 radical (unpaired) electrons. The lowest BCUT2D eigenvalue weighted by Gasteiger charge is -2.33. The number of amides is 1. The third-order valence-electron chi connectivity index (χ3n) is 5.72. The van der Waals surface area contributed by atoms with Gasteiger partial charge in [-0.05, 0) is 43.3 Å². The lowest BCUT2D eigenvalue weighted by atomic mass is 10.1. The van der Waals surface area contributed by atoms with Crippen LogP contribution in [-0.2, 0) is 4.79 Å². The normalized spacial score (nSPS) is 13.9. The van der Waals surface area contributed by atoms with E-state index in [-0.39, 0.29) is 0 Å². The lowest BCUT2D eigenvalue weighted by molar-refractivity contribution is -0.111. The fourth-order valence-electron chi connectivity index (χ4n) is 3.82. The first-order valence-corrected chi connectivity index (χ1v) is 11.1. The van der Waals surface area contributed by atoms with Crippen LogP contribution in [-0.4, -0.2) is 69.0 Å². The Labute approximate surface area is 202 Å². The summed E-state index contributed by atoms with van der Waals surface area (Å²) in [5.74, 6) is 2.87. The number of aromatic nitrogens is 5. The zero-order valence-corrected chi connectivity index (χ0v) is 19.1. The highest BCUT2D eigenvalue weighted by atomic mass is 16.1. The van der Waals surface area contributed by atoms with Crippen molar-refractivity contribution in [3.8, 4) is 23.7 Å². The molecule has 5 heterocycles. The molecule has 1 fully saturated rings. The second-order valence-corrected chi connectivity index (χ2v) is 8.14. The highest BCUT2D eigenvalue weighted by Gasteiger charge is 2.15. The van der Waals surface area contributed by atoms with Gasteiger partial charge in [-0.3, -0.25) is 14.8 Å². The number of fused-ring (bicyclic) bond motifs is 1. The summed E-state index contributed by atoms with van der Waals surface area (Å²) in [6.45, 7) is 3.97. The summed E-state index contributed by atoms with van der Waals surface area (Å²) >= 11 is 0. The fraction of sp³-hybridized carbons (Fsp3) is 0.200. The maximum atomic E-state index is 11.6. The third-order valence-corrected chi connectivity index (χ3v) is 5.72. The summed E-state index contributed by atoms with van der Waals surface area (Å²) in [6, 6.07) is 9.16. The molecule has 35 heavy (non-hydrogen) atoms. The predicted octanol–water partition coefficient (Wildman–Crippen LogP) is 2.55. The molecule has 4 aromatic heterocycles. The van der Waals surface area contributed by atoms with Crippen LogP contribution in [0.15, 0.2) is 55.1 Å². The quantitative estimate of drug-likeness (QED) is 0.429. The van der Waals surface area contributed by atoms with E-state index in [1.165, 1.54) is 0 Å². The molecule has 1 aliphatic rings. The van der Waals surface area contributed by atoms with E-state index in [0.717, 1.165) is 43.1 Å². The molecular formula is C25H23N9O. The second kappa shape index (κ2) is 9.70. The summed E-state index contributed by atoms with van der Waals surface area (Å²) in [4.78, 5) is 38.8. The van der Waals surface area contributed by atoms with Gasteiger partial charge in [0.25, 0.3) is 5.91 Å². The Hall–Kier alpha value is -4.62. The van der Waals surface area contributed by atoms with Gasteiger partial charge in [-0.15, -0.1) is 6.42 Å². The molecule has 10 nitrogen and oxygen atoms in total. The maximum absolute atomic E-state index is 11.6. The molecule has 0 aromatic carbocycles. The van der Waals surface area contributed by atoms with Crippen molar-refractivity contribution in [3.05, 3.63) is 55.1 Å². The van der Waals surface area contributed by atoms with Crippen LogP contribution in [0.25, 0.3) is 22.3 Å². The minimum absolute atomic E-state index is 0.415. The van der Waals surface area contributed by atoms with E-state index < -0.39 is 5.91 Å². The number of piperazine rings is 1. The van der Waals surface area contributed by atoms with Gasteiger partial charge < -0.3 is 20.4 Å². The Bertz CT molecular complexity index is 1410. The zero-order chi connectivity index (χ0) is 24.2. The predicted molar refractivity (Wildman–Crippen MR) is 135 cm³/mol. The van der Waals surface area contributed by atoms with Crippen molar-refractivity contribution >= 4 is 40.0 Å². The first kappa shape index (κ1) is 22.2. The van der Waals surface area contributed by atoms with Gasteiger partial charge >= 0.3 is 0 Å². The molecule has 0 saturated carbocycles. The van der Waals surface area contributed by atoms with Crippen LogP contribution in [0.5, 0.6) is 0 Å². The first-order valence-electron chi connectivity index (χ1n) is 11.1. The average molecular weight is 466 g/mol. The van der Waals surface area contributed by atoms with Crippen LogP contribution >= 0.6 is 0 Å². The number of hydrogen-bond acceptors (Lipinski definition) is 9. The number of nitrogens with one attached hydrogen (secondary N) is 2. The second-order valence-electron chi connectivity index (χ2n) is 8.14. The molecule has 0 aliphatic carbocycles. The van der Waals surface area contributed by atoms with E-state index >= 15 is 0 Å². The highest BCUT2D eigenvalue weighted by Crippen LogP contribution is 2.26. The molecule has 174 valence electrons. The number of anilines is 4. The summed E-state index contributed by atoms with van der Waals surface area (Å²) in [5, 5.41) is 6.65. The van der Waals surface area contributed by atoms with Crippen molar-refractivity contribution in [1.29, 1.82) is 0 Å². The van der Waals surface area contributed by atoms with Gasteiger partial charge in [0.05, 0.1) is 17.6 Å². The standard InChI is InChI=1S/C25H23N9O/c1-3-22(35)30-18-7-9-26-20(14-18)24-23-17(6-8-27-24)15-29-25(32-23)31-19-4-5-21(28-16-19)34-12-10-33(2)11-13-34/h1,4-9,14-16H,10-13H2,2H3,(H,26,30,35)(H,29,31,32). The summed E-state index contributed by atoms with van der Waals surface area (Å²) in [7, 11) is 2.13. The number of hydrogen-bond donors (Lipinski definition) is 2. The zero-order valence-electron chi connectivity index (χ0n) is 19.1. The van der Waals surface area contributed by atoms with Gasteiger partial charge in [0.2, 0.25) is 5.95 Å². The molecule has 1 amide bonds. The molecule has 0 spiro atoms.